The van der Waals surface area contributed by atoms with E-state index in [4.69, 9.17) is 15.9 Å². The number of benzene rings is 1. The molecule has 0 aromatic heterocycles. The molecule has 0 aliphatic heterocycles. The normalized spacial score (nSPS) is 11.1. The molecule has 0 N–H and O–H groups in total. The maximum Gasteiger partial charge on any atom is 0.261 e. The first kappa shape index (κ1) is 12.5. The van der Waals surface area contributed by atoms with Gasteiger partial charge >= 0.3 is 0 Å². The van der Waals surface area contributed by atoms with Crippen LogP contribution < -0.4 is 0 Å². The van der Waals surface area contributed by atoms with Gasteiger partial charge in [-0.05, 0) is 24.1 Å². The summed E-state index contributed by atoms with van der Waals surface area (Å²) in [5.74, 6) is 0. The fourth-order valence-corrected chi connectivity index (χ4v) is 2.95. The van der Waals surface area contributed by atoms with Crippen molar-refractivity contribution in [2.75, 3.05) is 0 Å². The molecule has 0 saturated heterocycles. The van der Waals surface area contributed by atoms with E-state index >= 15 is 0 Å². The molecule has 0 fully saturated rings. The van der Waals surface area contributed by atoms with Crippen molar-refractivity contribution < 1.29 is 8.42 Å². The average molecular weight is 309 g/mol. The Morgan fingerprint density at radius 3 is 2.53 bits per heavy atom. The summed E-state index contributed by atoms with van der Waals surface area (Å²) in [4.78, 5) is -0.00887. The summed E-state index contributed by atoms with van der Waals surface area (Å²) >= 11 is 3.22. The standard InChI is InChI=1S/C9H7BrClNO2S/c1-6-8(5-12)7(4-10)2-3-9(6)15(11,13)14/h2-3H,4H2,1H3. The minimum absolute atomic E-state index is 0.00887. The van der Waals surface area contributed by atoms with Gasteiger partial charge in [0.05, 0.1) is 16.5 Å². The third-order valence-electron chi connectivity index (χ3n) is 2.02. The van der Waals surface area contributed by atoms with E-state index < -0.39 is 9.05 Å². The van der Waals surface area contributed by atoms with Gasteiger partial charge in [-0.25, -0.2) is 8.42 Å². The van der Waals surface area contributed by atoms with Crippen LogP contribution in [0.25, 0.3) is 0 Å². The van der Waals surface area contributed by atoms with Crippen LogP contribution >= 0.6 is 26.6 Å². The summed E-state index contributed by atoms with van der Waals surface area (Å²) < 4.78 is 22.3. The van der Waals surface area contributed by atoms with Crippen molar-refractivity contribution in [2.45, 2.75) is 17.1 Å². The van der Waals surface area contributed by atoms with Crippen LogP contribution in [0.5, 0.6) is 0 Å². The summed E-state index contributed by atoms with van der Waals surface area (Å²) in [6, 6.07) is 4.96. The highest BCUT2D eigenvalue weighted by atomic mass is 79.9. The smallest absolute Gasteiger partial charge is 0.207 e. The second kappa shape index (κ2) is 4.52. The molecule has 0 saturated carbocycles. The Labute approximate surface area is 101 Å². The van der Waals surface area contributed by atoms with E-state index in [9.17, 15) is 8.42 Å². The molecule has 0 radical (unpaired) electrons. The van der Waals surface area contributed by atoms with Crippen LogP contribution in [0.15, 0.2) is 17.0 Å². The van der Waals surface area contributed by atoms with Crippen molar-refractivity contribution in [1.82, 2.24) is 0 Å². The highest BCUT2D eigenvalue weighted by molar-refractivity contribution is 9.08. The van der Waals surface area contributed by atoms with Gasteiger partial charge in [0.2, 0.25) is 0 Å². The lowest BCUT2D eigenvalue weighted by molar-refractivity contribution is 0.609. The first-order valence-electron chi connectivity index (χ1n) is 3.95. The maximum atomic E-state index is 11.2. The van der Waals surface area contributed by atoms with Crippen LogP contribution in [0.1, 0.15) is 16.7 Å². The molecular formula is C9H7BrClNO2S. The van der Waals surface area contributed by atoms with Crippen molar-refractivity contribution >= 4 is 35.7 Å². The van der Waals surface area contributed by atoms with Gasteiger partial charge < -0.3 is 0 Å². The fourth-order valence-electron chi connectivity index (χ4n) is 1.28. The molecule has 3 nitrogen and oxygen atoms in total. The van der Waals surface area contributed by atoms with E-state index in [-0.39, 0.29) is 4.90 Å². The average Bonchev–Trinajstić information content (AvgIpc) is 2.15. The molecular weight excluding hydrogens is 302 g/mol. The number of nitrogens with zero attached hydrogens (tertiary/aromatic N) is 1. The van der Waals surface area contributed by atoms with Gasteiger partial charge in [0.1, 0.15) is 0 Å². The van der Waals surface area contributed by atoms with Crippen LogP contribution in [0.4, 0.5) is 0 Å². The Balaban J connectivity index is 3.59. The molecule has 1 aromatic carbocycles. The van der Waals surface area contributed by atoms with Crippen LogP contribution in [-0.4, -0.2) is 8.42 Å². The first-order chi connectivity index (χ1) is 6.91. The van der Waals surface area contributed by atoms with Crippen molar-refractivity contribution in [3.8, 4) is 6.07 Å². The topological polar surface area (TPSA) is 57.9 Å². The molecule has 0 atom stereocenters. The number of hydrogen-bond acceptors (Lipinski definition) is 3. The third kappa shape index (κ3) is 2.51. The lowest BCUT2D eigenvalue weighted by Gasteiger charge is -2.07. The van der Waals surface area contributed by atoms with Gasteiger partial charge in [-0.2, -0.15) is 5.26 Å². The first-order valence-corrected chi connectivity index (χ1v) is 7.38. The fraction of sp³-hybridized carbons (Fsp3) is 0.222. The summed E-state index contributed by atoms with van der Waals surface area (Å²) in [5, 5.41) is 9.41. The van der Waals surface area contributed by atoms with Gasteiger partial charge in [-0.3, -0.25) is 0 Å². The Bertz CT molecular complexity index is 534. The minimum Gasteiger partial charge on any atom is -0.207 e. The predicted octanol–water partition coefficient (Wildman–Crippen LogP) is 2.69. The monoisotopic (exact) mass is 307 g/mol. The number of halogens is 2. The van der Waals surface area contributed by atoms with Gasteiger partial charge in [-0.1, -0.05) is 22.0 Å². The lowest BCUT2D eigenvalue weighted by Crippen LogP contribution is -1.99. The lowest BCUT2D eigenvalue weighted by atomic mass is 10.0. The Morgan fingerprint density at radius 2 is 2.13 bits per heavy atom. The second-order valence-corrected chi connectivity index (χ2v) is 6.00. The molecule has 1 aromatic rings. The van der Waals surface area contributed by atoms with Crippen LogP contribution in [0, 0.1) is 18.3 Å². The van der Waals surface area contributed by atoms with E-state index in [1.807, 2.05) is 6.07 Å². The zero-order valence-electron chi connectivity index (χ0n) is 7.79. The summed E-state index contributed by atoms with van der Waals surface area (Å²) in [5.41, 5.74) is 1.50. The molecule has 80 valence electrons. The van der Waals surface area contributed by atoms with E-state index in [2.05, 4.69) is 15.9 Å². The summed E-state index contributed by atoms with van der Waals surface area (Å²) in [7, 11) is 1.45. The van der Waals surface area contributed by atoms with Crippen molar-refractivity contribution in [3.63, 3.8) is 0 Å². The van der Waals surface area contributed by atoms with E-state index in [1.165, 1.54) is 6.07 Å². The molecule has 0 spiro atoms. The Hall–Kier alpha value is -0.570. The van der Waals surface area contributed by atoms with Crippen LogP contribution in [0.3, 0.4) is 0 Å². The molecule has 0 unspecified atom stereocenters. The van der Waals surface area contributed by atoms with E-state index in [0.29, 0.717) is 16.5 Å². The third-order valence-corrected chi connectivity index (χ3v) is 4.09. The van der Waals surface area contributed by atoms with E-state index in [1.54, 1.807) is 13.0 Å². The summed E-state index contributed by atoms with van der Waals surface area (Å²) in [6.45, 7) is 1.57. The zero-order chi connectivity index (χ0) is 11.6. The van der Waals surface area contributed by atoms with Crippen LogP contribution in [0.2, 0.25) is 0 Å². The molecule has 0 bridgehead atoms. The SMILES string of the molecule is Cc1c(S(=O)(=O)Cl)ccc(CBr)c1C#N. The number of rotatable bonds is 2. The van der Waals surface area contributed by atoms with Gasteiger partial charge in [0.25, 0.3) is 9.05 Å². The molecule has 1 rings (SSSR count). The van der Waals surface area contributed by atoms with Crippen molar-refractivity contribution in [2.24, 2.45) is 0 Å². The molecule has 0 aliphatic carbocycles. The predicted molar refractivity (Wildman–Crippen MR) is 61.6 cm³/mol. The Kier molecular flexibility index (Phi) is 3.77. The highest BCUT2D eigenvalue weighted by Gasteiger charge is 2.17. The molecule has 0 heterocycles. The largest absolute Gasteiger partial charge is 0.261 e. The second-order valence-electron chi connectivity index (χ2n) is 2.91. The minimum atomic E-state index is -3.79. The van der Waals surface area contributed by atoms with Crippen molar-refractivity contribution in [3.05, 3.63) is 28.8 Å². The van der Waals surface area contributed by atoms with Gasteiger partial charge in [0, 0.05) is 16.0 Å². The quantitative estimate of drug-likeness (QED) is 0.623. The summed E-state index contributed by atoms with van der Waals surface area (Å²) in [6.07, 6.45) is 0. The number of alkyl halides is 1. The molecule has 6 heteroatoms. The van der Waals surface area contributed by atoms with Crippen molar-refractivity contribution in [1.29, 1.82) is 5.26 Å². The molecule has 0 amide bonds. The van der Waals surface area contributed by atoms with Gasteiger partial charge in [0.15, 0.2) is 0 Å². The Morgan fingerprint density at radius 1 is 1.53 bits per heavy atom. The van der Waals surface area contributed by atoms with E-state index in [0.717, 1.165) is 5.56 Å². The number of hydrogen-bond donors (Lipinski definition) is 0. The van der Waals surface area contributed by atoms with Crippen LogP contribution in [-0.2, 0) is 14.4 Å². The maximum absolute atomic E-state index is 11.2. The molecule has 0 aliphatic rings. The molecule has 15 heavy (non-hydrogen) atoms. The zero-order valence-corrected chi connectivity index (χ0v) is 10.9. The highest BCUT2D eigenvalue weighted by Crippen LogP contribution is 2.25. The van der Waals surface area contributed by atoms with Gasteiger partial charge in [-0.15, -0.1) is 0 Å². The number of nitriles is 1.